The van der Waals surface area contributed by atoms with E-state index in [0.29, 0.717) is 13.2 Å². The van der Waals surface area contributed by atoms with Crippen molar-refractivity contribution in [2.24, 2.45) is 5.73 Å². The van der Waals surface area contributed by atoms with Crippen molar-refractivity contribution in [2.45, 2.75) is 39.4 Å². The Labute approximate surface area is 164 Å². The highest BCUT2D eigenvalue weighted by Crippen LogP contribution is 2.18. The van der Waals surface area contributed by atoms with E-state index < -0.39 is 0 Å². The van der Waals surface area contributed by atoms with Crippen LogP contribution in [-0.2, 0) is 24.2 Å². The third-order valence-corrected chi connectivity index (χ3v) is 4.37. The van der Waals surface area contributed by atoms with Gasteiger partial charge in [0.1, 0.15) is 0 Å². The Hall–Kier alpha value is -2.42. The molecule has 0 aliphatic carbocycles. The number of nitrogens with two attached hydrogens (primary N) is 1. The molecule has 0 bridgehead atoms. The molecule has 0 fully saturated rings. The average molecular weight is 362 g/mol. The van der Waals surface area contributed by atoms with E-state index in [1.165, 1.54) is 16.7 Å². The summed E-state index contributed by atoms with van der Waals surface area (Å²) < 4.78 is 6.06. The monoisotopic (exact) mass is 361 g/mol. The molecule has 2 nitrogen and oxygen atoms in total. The summed E-state index contributed by atoms with van der Waals surface area (Å²) in [5.41, 5.74) is 10.9. The van der Waals surface area contributed by atoms with Crippen molar-refractivity contribution in [1.82, 2.24) is 0 Å². The first-order valence-corrected chi connectivity index (χ1v) is 9.83. The first-order valence-electron chi connectivity index (χ1n) is 9.83. The maximum Gasteiger partial charge on any atom is 0.0951 e. The fourth-order valence-corrected chi connectivity index (χ4v) is 2.97. The van der Waals surface area contributed by atoms with E-state index in [1.807, 2.05) is 32.0 Å². The molecule has 3 aromatic carbocycles. The zero-order chi connectivity index (χ0) is 19.3. The van der Waals surface area contributed by atoms with Crippen LogP contribution in [0, 0.1) is 0 Å². The Kier molecular flexibility index (Phi) is 9.33. The second-order valence-corrected chi connectivity index (χ2v) is 6.25. The summed E-state index contributed by atoms with van der Waals surface area (Å²) in [5, 5.41) is 0. The van der Waals surface area contributed by atoms with Gasteiger partial charge in [-0.3, -0.25) is 0 Å². The van der Waals surface area contributed by atoms with Crippen LogP contribution in [0.2, 0.25) is 0 Å². The molecule has 0 saturated carbocycles. The Balaban J connectivity index is 0.00000126. The van der Waals surface area contributed by atoms with Gasteiger partial charge in [0.05, 0.1) is 12.7 Å². The smallest absolute Gasteiger partial charge is 0.0951 e. The Bertz CT molecular complexity index is 756. The Morgan fingerprint density at radius 2 is 1.26 bits per heavy atom. The number of rotatable bonds is 8. The lowest BCUT2D eigenvalue weighted by atomic mass is 10.0. The van der Waals surface area contributed by atoms with Crippen molar-refractivity contribution in [3.8, 4) is 0 Å². The normalized spacial score (nSPS) is 11.4. The summed E-state index contributed by atoms with van der Waals surface area (Å²) in [6.07, 6.45) is 2.03. The molecule has 0 aliphatic rings. The van der Waals surface area contributed by atoms with Gasteiger partial charge in [0, 0.05) is 6.54 Å². The van der Waals surface area contributed by atoms with Crippen LogP contribution in [0.5, 0.6) is 0 Å². The quantitative estimate of drug-likeness (QED) is 0.557. The molecule has 0 heterocycles. The number of aryl methyl sites for hydroxylation is 2. The Morgan fingerprint density at radius 3 is 1.93 bits per heavy atom. The van der Waals surface area contributed by atoms with Crippen molar-refractivity contribution in [2.75, 3.05) is 6.54 Å². The molecule has 0 aliphatic heterocycles. The predicted octanol–water partition coefficient (Wildman–Crippen LogP) is 5.71. The fraction of sp³-hybridized carbons (Fsp3) is 0.280. The van der Waals surface area contributed by atoms with Gasteiger partial charge in [0.25, 0.3) is 0 Å². The minimum atomic E-state index is -0.0609. The maximum atomic E-state index is 6.06. The molecule has 1 atom stereocenters. The fourth-order valence-electron chi connectivity index (χ4n) is 2.97. The summed E-state index contributed by atoms with van der Waals surface area (Å²) >= 11 is 0. The van der Waals surface area contributed by atoms with E-state index in [1.54, 1.807) is 0 Å². The maximum absolute atomic E-state index is 6.06. The van der Waals surface area contributed by atoms with Gasteiger partial charge in [-0.1, -0.05) is 98.8 Å². The van der Waals surface area contributed by atoms with Gasteiger partial charge in [0.15, 0.2) is 0 Å². The molecule has 3 aromatic rings. The summed E-state index contributed by atoms with van der Waals surface area (Å²) in [7, 11) is 0. The highest BCUT2D eigenvalue weighted by molar-refractivity contribution is 5.25. The second kappa shape index (κ2) is 12.1. The molecule has 0 aromatic heterocycles. The van der Waals surface area contributed by atoms with Gasteiger partial charge >= 0.3 is 0 Å². The third kappa shape index (κ3) is 7.01. The number of hydrogen-bond donors (Lipinski definition) is 1. The molecule has 2 heteroatoms. The minimum Gasteiger partial charge on any atom is -0.368 e. The zero-order valence-corrected chi connectivity index (χ0v) is 16.5. The van der Waals surface area contributed by atoms with Gasteiger partial charge in [-0.05, 0) is 35.1 Å². The molecule has 0 unspecified atom stereocenters. The van der Waals surface area contributed by atoms with E-state index in [4.69, 9.17) is 10.5 Å². The lowest BCUT2D eigenvalue weighted by Crippen LogP contribution is -2.15. The first-order chi connectivity index (χ1) is 13.3. The number of ether oxygens (including phenoxy) is 1. The van der Waals surface area contributed by atoms with E-state index in [9.17, 15) is 0 Å². The van der Waals surface area contributed by atoms with Crippen molar-refractivity contribution < 1.29 is 4.74 Å². The molecule has 0 amide bonds. The summed E-state index contributed by atoms with van der Waals surface area (Å²) in [4.78, 5) is 0. The van der Waals surface area contributed by atoms with Crippen LogP contribution < -0.4 is 5.73 Å². The van der Waals surface area contributed by atoms with Gasteiger partial charge in [-0.15, -0.1) is 0 Å². The molecule has 0 spiro atoms. The van der Waals surface area contributed by atoms with Crippen LogP contribution in [0.4, 0.5) is 0 Å². The molecular weight excluding hydrogens is 330 g/mol. The molecule has 27 heavy (non-hydrogen) atoms. The van der Waals surface area contributed by atoms with Crippen LogP contribution in [0.15, 0.2) is 84.9 Å². The van der Waals surface area contributed by atoms with E-state index in [0.717, 1.165) is 18.4 Å². The predicted molar refractivity (Wildman–Crippen MR) is 115 cm³/mol. The first kappa shape index (κ1) is 20.9. The summed E-state index contributed by atoms with van der Waals surface area (Å²) in [6.45, 7) is 5.06. The lowest BCUT2D eigenvalue weighted by Gasteiger charge is -2.16. The highest BCUT2D eigenvalue weighted by atomic mass is 16.5. The molecule has 142 valence electrons. The van der Waals surface area contributed by atoms with Crippen LogP contribution in [0.1, 0.15) is 42.2 Å². The van der Waals surface area contributed by atoms with Crippen LogP contribution in [-0.4, -0.2) is 6.54 Å². The molecular formula is C25H31NO. The van der Waals surface area contributed by atoms with Gasteiger partial charge < -0.3 is 10.5 Å². The minimum absolute atomic E-state index is 0.0609. The molecule has 0 radical (unpaired) electrons. The largest absolute Gasteiger partial charge is 0.368 e. The van der Waals surface area contributed by atoms with E-state index in [-0.39, 0.29) is 6.10 Å². The van der Waals surface area contributed by atoms with Gasteiger partial charge in [-0.25, -0.2) is 0 Å². The lowest BCUT2D eigenvalue weighted by molar-refractivity contribution is 0.0456. The molecule has 2 N–H and O–H groups in total. The third-order valence-electron chi connectivity index (χ3n) is 4.37. The molecule has 3 rings (SSSR count). The van der Waals surface area contributed by atoms with Crippen LogP contribution in [0.25, 0.3) is 0 Å². The van der Waals surface area contributed by atoms with Crippen molar-refractivity contribution in [3.05, 3.63) is 107 Å². The summed E-state index contributed by atoms with van der Waals surface area (Å²) in [6, 6.07) is 29.4. The molecule has 0 saturated heterocycles. The zero-order valence-electron chi connectivity index (χ0n) is 16.5. The standard InChI is InChI=1S/C23H25NO.C2H6/c24-17-23(22-12-5-2-6-13-22)25-18-21-11-7-10-20(16-21)15-14-19-8-3-1-4-9-19;1-2/h1-13,16,23H,14-15,17-18,24H2;1-2H3/t23-;/m0./s1. The van der Waals surface area contributed by atoms with Crippen LogP contribution >= 0.6 is 0 Å². The van der Waals surface area contributed by atoms with Gasteiger partial charge in [0.2, 0.25) is 0 Å². The number of hydrogen-bond acceptors (Lipinski definition) is 2. The highest BCUT2D eigenvalue weighted by Gasteiger charge is 2.09. The summed E-state index contributed by atoms with van der Waals surface area (Å²) in [5.74, 6) is 0. The SMILES string of the molecule is CC.NC[C@H](OCc1cccc(CCc2ccccc2)c1)c1ccccc1. The van der Waals surface area contributed by atoms with E-state index >= 15 is 0 Å². The van der Waals surface area contributed by atoms with Gasteiger partial charge in [-0.2, -0.15) is 0 Å². The average Bonchev–Trinajstić information content (AvgIpc) is 2.76. The number of benzene rings is 3. The van der Waals surface area contributed by atoms with Crippen molar-refractivity contribution >= 4 is 0 Å². The Morgan fingerprint density at radius 1 is 0.704 bits per heavy atom. The topological polar surface area (TPSA) is 35.2 Å². The van der Waals surface area contributed by atoms with Crippen LogP contribution in [0.3, 0.4) is 0 Å². The second-order valence-electron chi connectivity index (χ2n) is 6.25. The van der Waals surface area contributed by atoms with E-state index in [2.05, 4.69) is 66.7 Å². The van der Waals surface area contributed by atoms with Crippen molar-refractivity contribution in [3.63, 3.8) is 0 Å². The van der Waals surface area contributed by atoms with Crippen molar-refractivity contribution in [1.29, 1.82) is 0 Å².